The second kappa shape index (κ2) is 6.20. The molecule has 0 bridgehead atoms. The van der Waals surface area contributed by atoms with Crippen LogP contribution >= 0.6 is 0 Å². The normalized spacial score (nSPS) is 25.9. The molecule has 2 saturated heterocycles. The van der Waals surface area contributed by atoms with Crippen LogP contribution in [0.1, 0.15) is 30.4 Å². The number of fused-ring (bicyclic) bond motifs is 1. The van der Waals surface area contributed by atoms with E-state index >= 15 is 0 Å². The molecule has 0 aromatic heterocycles. The van der Waals surface area contributed by atoms with Crippen LogP contribution in [0.2, 0.25) is 0 Å². The Hall–Kier alpha value is -1.88. The first kappa shape index (κ1) is 15.6. The van der Waals surface area contributed by atoms with E-state index in [1.807, 2.05) is 17.0 Å². The molecular weight excluding hydrogens is 304 g/mol. The molecule has 3 heterocycles. The summed E-state index contributed by atoms with van der Waals surface area (Å²) in [5.74, 6) is 0.370. The highest BCUT2D eigenvalue weighted by molar-refractivity contribution is 5.85. The van der Waals surface area contributed by atoms with Crippen molar-refractivity contribution >= 4 is 11.8 Å². The number of carbonyl (C=O) groups excluding carboxylic acids is 2. The van der Waals surface area contributed by atoms with Crippen molar-refractivity contribution in [3.8, 4) is 0 Å². The molecule has 24 heavy (non-hydrogen) atoms. The lowest BCUT2D eigenvalue weighted by atomic mass is 9.73. The first-order valence-electron chi connectivity index (χ1n) is 8.90. The van der Waals surface area contributed by atoms with E-state index < -0.39 is 0 Å². The number of nitrogens with zero attached hydrogens (tertiary/aromatic N) is 1. The third-order valence-electron chi connectivity index (χ3n) is 5.88. The molecule has 0 saturated carbocycles. The fraction of sp³-hybridized carbons (Fsp3) is 0.579. The highest BCUT2D eigenvalue weighted by Crippen LogP contribution is 2.38. The maximum Gasteiger partial charge on any atom is 0.228 e. The molecule has 3 aliphatic heterocycles. The molecule has 2 amide bonds. The van der Waals surface area contributed by atoms with Crippen LogP contribution in [0.4, 0.5) is 0 Å². The minimum atomic E-state index is -0.366. The average molecular weight is 328 g/mol. The SMILES string of the molecule is O=C(C1CCOC1)N1CCC2(CC1)Cc1ccccc1CNC2=O. The van der Waals surface area contributed by atoms with Crippen LogP contribution in [0.25, 0.3) is 0 Å². The number of hydrogen-bond acceptors (Lipinski definition) is 3. The van der Waals surface area contributed by atoms with E-state index in [1.54, 1.807) is 0 Å². The fourth-order valence-electron chi connectivity index (χ4n) is 4.26. The highest BCUT2D eigenvalue weighted by Gasteiger charge is 2.44. The van der Waals surface area contributed by atoms with Crippen molar-refractivity contribution in [2.24, 2.45) is 11.3 Å². The second-order valence-electron chi connectivity index (χ2n) is 7.29. The Bertz CT molecular complexity index is 644. The summed E-state index contributed by atoms with van der Waals surface area (Å²) in [6.07, 6.45) is 3.09. The number of amides is 2. The van der Waals surface area contributed by atoms with Crippen molar-refractivity contribution in [1.82, 2.24) is 10.2 Å². The molecule has 0 radical (unpaired) electrons. The van der Waals surface area contributed by atoms with E-state index in [9.17, 15) is 9.59 Å². The largest absolute Gasteiger partial charge is 0.381 e. The van der Waals surface area contributed by atoms with Crippen LogP contribution < -0.4 is 5.32 Å². The predicted octanol–water partition coefficient (Wildman–Crippen LogP) is 1.50. The molecule has 5 heteroatoms. The van der Waals surface area contributed by atoms with Gasteiger partial charge >= 0.3 is 0 Å². The maximum absolute atomic E-state index is 12.8. The summed E-state index contributed by atoms with van der Waals surface area (Å²) < 4.78 is 5.34. The molecule has 1 unspecified atom stereocenters. The van der Waals surface area contributed by atoms with Crippen molar-refractivity contribution in [1.29, 1.82) is 0 Å². The van der Waals surface area contributed by atoms with Crippen LogP contribution in [-0.4, -0.2) is 43.0 Å². The molecular formula is C19H24N2O3. The second-order valence-corrected chi connectivity index (χ2v) is 7.29. The minimum absolute atomic E-state index is 0.0164. The number of likely N-dealkylation sites (tertiary alicyclic amines) is 1. The topological polar surface area (TPSA) is 58.6 Å². The lowest BCUT2D eigenvalue weighted by Crippen LogP contribution is -2.51. The van der Waals surface area contributed by atoms with Crippen LogP contribution in [0.5, 0.6) is 0 Å². The van der Waals surface area contributed by atoms with Crippen LogP contribution in [-0.2, 0) is 27.3 Å². The Morgan fingerprint density at radius 1 is 1.21 bits per heavy atom. The summed E-state index contributed by atoms with van der Waals surface area (Å²) in [5, 5.41) is 3.10. The van der Waals surface area contributed by atoms with Gasteiger partial charge in [0.25, 0.3) is 0 Å². The third kappa shape index (κ3) is 2.71. The zero-order chi connectivity index (χ0) is 16.6. The number of rotatable bonds is 1. The molecule has 5 nitrogen and oxygen atoms in total. The van der Waals surface area contributed by atoms with Gasteiger partial charge in [0.15, 0.2) is 0 Å². The van der Waals surface area contributed by atoms with Gasteiger partial charge in [-0.15, -0.1) is 0 Å². The molecule has 1 N–H and O–H groups in total. The predicted molar refractivity (Wildman–Crippen MR) is 89.2 cm³/mol. The molecule has 1 aromatic carbocycles. The van der Waals surface area contributed by atoms with Gasteiger partial charge in [-0.25, -0.2) is 0 Å². The standard InChI is InChI=1S/C19H24N2O3/c22-17(16-5-10-24-13-16)21-8-6-19(7-9-21)11-14-3-1-2-4-15(14)12-20-18(19)23/h1-4,16H,5-13H2,(H,20,23). The van der Waals surface area contributed by atoms with Gasteiger partial charge < -0.3 is 15.0 Å². The summed E-state index contributed by atoms with van der Waals surface area (Å²) >= 11 is 0. The number of benzene rings is 1. The fourth-order valence-corrected chi connectivity index (χ4v) is 4.26. The Morgan fingerprint density at radius 3 is 2.67 bits per heavy atom. The first-order chi connectivity index (χ1) is 11.7. The minimum Gasteiger partial charge on any atom is -0.381 e. The summed E-state index contributed by atoms with van der Waals surface area (Å²) in [7, 11) is 0. The molecule has 1 spiro atoms. The smallest absolute Gasteiger partial charge is 0.228 e. The Morgan fingerprint density at radius 2 is 1.96 bits per heavy atom. The maximum atomic E-state index is 12.8. The van der Waals surface area contributed by atoms with Crippen molar-refractivity contribution in [3.05, 3.63) is 35.4 Å². The van der Waals surface area contributed by atoms with Crippen LogP contribution in [0.3, 0.4) is 0 Å². The first-order valence-corrected chi connectivity index (χ1v) is 8.90. The molecule has 4 rings (SSSR count). The van der Waals surface area contributed by atoms with E-state index in [-0.39, 0.29) is 23.1 Å². The van der Waals surface area contributed by atoms with Gasteiger partial charge in [0.1, 0.15) is 0 Å². The number of piperidine rings is 1. The zero-order valence-electron chi connectivity index (χ0n) is 13.9. The van der Waals surface area contributed by atoms with Gasteiger partial charge in [-0.1, -0.05) is 24.3 Å². The van der Waals surface area contributed by atoms with E-state index in [2.05, 4.69) is 17.4 Å². The average Bonchev–Trinajstić information content (AvgIpc) is 3.11. The van der Waals surface area contributed by atoms with E-state index in [0.29, 0.717) is 32.8 Å². The quantitative estimate of drug-likeness (QED) is 0.850. The van der Waals surface area contributed by atoms with Crippen molar-refractivity contribution in [3.63, 3.8) is 0 Å². The van der Waals surface area contributed by atoms with Crippen molar-refractivity contribution in [2.75, 3.05) is 26.3 Å². The lowest BCUT2D eigenvalue weighted by molar-refractivity contribution is -0.143. The summed E-state index contributed by atoms with van der Waals surface area (Å²) in [5.41, 5.74) is 2.11. The Labute approximate surface area is 142 Å². The van der Waals surface area contributed by atoms with Crippen LogP contribution in [0, 0.1) is 11.3 Å². The summed E-state index contributed by atoms with van der Waals surface area (Å²) in [6, 6.07) is 8.28. The Balaban J connectivity index is 1.48. The summed E-state index contributed by atoms with van der Waals surface area (Å²) in [4.78, 5) is 27.3. The molecule has 1 aromatic rings. The zero-order valence-corrected chi connectivity index (χ0v) is 13.9. The number of carbonyl (C=O) groups is 2. The van der Waals surface area contributed by atoms with Crippen molar-refractivity contribution < 1.29 is 14.3 Å². The number of hydrogen-bond donors (Lipinski definition) is 1. The van der Waals surface area contributed by atoms with Crippen LogP contribution in [0.15, 0.2) is 24.3 Å². The number of nitrogens with one attached hydrogen (secondary N) is 1. The summed E-state index contributed by atoms with van der Waals surface area (Å²) in [6.45, 7) is 3.19. The Kier molecular flexibility index (Phi) is 4.04. The molecule has 128 valence electrons. The monoisotopic (exact) mass is 328 g/mol. The highest BCUT2D eigenvalue weighted by atomic mass is 16.5. The van der Waals surface area contributed by atoms with E-state index in [1.165, 1.54) is 11.1 Å². The van der Waals surface area contributed by atoms with Gasteiger partial charge in [-0.05, 0) is 36.8 Å². The van der Waals surface area contributed by atoms with Gasteiger partial charge in [-0.2, -0.15) is 0 Å². The lowest BCUT2D eigenvalue weighted by Gasteiger charge is -2.40. The van der Waals surface area contributed by atoms with Gasteiger partial charge in [-0.3, -0.25) is 9.59 Å². The van der Waals surface area contributed by atoms with Crippen molar-refractivity contribution in [2.45, 2.75) is 32.2 Å². The molecule has 2 fully saturated rings. The van der Waals surface area contributed by atoms with E-state index in [4.69, 9.17) is 4.74 Å². The molecule has 0 aliphatic carbocycles. The van der Waals surface area contributed by atoms with Gasteiger partial charge in [0.2, 0.25) is 11.8 Å². The number of ether oxygens (including phenoxy) is 1. The molecule has 3 aliphatic rings. The third-order valence-corrected chi connectivity index (χ3v) is 5.88. The van der Waals surface area contributed by atoms with E-state index in [0.717, 1.165) is 25.7 Å². The van der Waals surface area contributed by atoms with Gasteiger partial charge in [0.05, 0.1) is 17.9 Å². The van der Waals surface area contributed by atoms with Gasteiger partial charge in [0, 0.05) is 26.2 Å². The molecule has 1 atom stereocenters.